The molecule has 0 aliphatic rings. The van der Waals surface area contributed by atoms with E-state index in [4.69, 9.17) is 0 Å². The molecule has 1 atom stereocenters. The lowest BCUT2D eigenvalue weighted by Gasteiger charge is -2.24. The van der Waals surface area contributed by atoms with Crippen LogP contribution < -0.4 is 10.9 Å². The van der Waals surface area contributed by atoms with Crippen molar-refractivity contribution in [2.75, 3.05) is 6.54 Å². The van der Waals surface area contributed by atoms with Crippen LogP contribution >= 0.6 is 0 Å². The molecule has 5 heteroatoms. The van der Waals surface area contributed by atoms with Crippen LogP contribution in [0.15, 0.2) is 16.9 Å². The molecule has 0 aliphatic heterocycles. The maximum Gasteiger partial charge on any atom is 0.260 e. The lowest BCUT2D eigenvalue weighted by molar-refractivity contribution is 0.0429. The highest BCUT2D eigenvalue weighted by Gasteiger charge is 2.22. The van der Waals surface area contributed by atoms with Gasteiger partial charge in [0.05, 0.1) is 5.60 Å². The Hall–Kier alpha value is -1.62. The Morgan fingerprint density at radius 2 is 2.10 bits per heavy atom. The summed E-state index contributed by atoms with van der Waals surface area (Å²) in [6, 6.07) is 3.17. The average molecular weight is 280 g/mol. The van der Waals surface area contributed by atoms with Gasteiger partial charge in [0.15, 0.2) is 0 Å². The van der Waals surface area contributed by atoms with Gasteiger partial charge in [-0.1, -0.05) is 13.8 Å². The smallest absolute Gasteiger partial charge is 0.260 e. The quantitative estimate of drug-likeness (QED) is 0.740. The summed E-state index contributed by atoms with van der Waals surface area (Å²) in [7, 11) is 0. The molecule has 20 heavy (non-hydrogen) atoms. The number of nitrogens with one attached hydrogen (secondary N) is 2. The van der Waals surface area contributed by atoms with E-state index in [2.05, 4.69) is 24.1 Å². The number of hydrogen-bond donors (Lipinski definition) is 3. The summed E-state index contributed by atoms with van der Waals surface area (Å²) in [5.41, 5.74) is -0.604. The number of carbonyl (C=O) groups is 1. The number of aromatic nitrogens is 1. The van der Waals surface area contributed by atoms with Gasteiger partial charge in [0.2, 0.25) is 0 Å². The van der Waals surface area contributed by atoms with Crippen molar-refractivity contribution in [1.82, 2.24) is 10.3 Å². The third-order valence-corrected chi connectivity index (χ3v) is 3.19. The average Bonchev–Trinajstić information content (AvgIpc) is 2.34. The Balaban J connectivity index is 2.60. The van der Waals surface area contributed by atoms with Crippen molar-refractivity contribution in [1.29, 1.82) is 0 Å². The molecular formula is C15H24N2O3. The van der Waals surface area contributed by atoms with Crippen LogP contribution in [0.5, 0.6) is 0 Å². The number of amides is 1. The molecule has 1 heterocycles. The lowest BCUT2D eigenvalue weighted by atomic mass is 9.95. The number of carbonyl (C=O) groups excluding carboxylic acids is 1. The molecule has 1 unspecified atom stereocenters. The van der Waals surface area contributed by atoms with E-state index >= 15 is 0 Å². The van der Waals surface area contributed by atoms with Crippen LogP contribution in [0, 0.1) is 12.8 Å². The van der Waals surface area contributed by atoms with E-state index in [1.165, 1.54) is 6.07 Å². The van der Waals surface area contributed by atoms with Gasteiger partial charge in [0.25, 0.3) is 11.5 Å². The Bertz CT molecular complexity index is 518. The number of aryl methyl sites for hydroxylation is 1. The predicted octanol–water partition coefficient (Wildman–Crippen LogP) is 1.60. The Labute approximate surface area is 119 Å². The van der Waals surface area contributed by atoms with Gasteiger partial charge in [0, 0.05) is 12.2 Å². The molecule has 1 amide bonds. The highest BCUT2D eigenvalue weighted by Crippen LogP contribution is 2.15. The maximum atomic E-state index is 11.9. The van der Waals surface area contributed by atoms with Crippen molar-refractivity contribution in [3.63, 3.8) is 0 Å². The van der Waals surface area contributed by atoms with Crippen molar-refractivity contribution >= 4 is 5.91 Å². The Kier molecular flexibility index (Phi) is 5.51. The highest BCUT2D eigenvalue weighted by molar-refractivity contribution is 5.93. The molecule has 5 nitrogen and oxygen atoms in total. The summed E-state index contributed by atoms with van der Waals surface area (Å²) < 4.78 is 0. The molecule has 1 aromatic rings. The van der Waals surface area contributed by atoms with Gasteiger partial charge in [-0.3, -0.25) is 9.59 Å². The minimum atomic E-state index is -0.961. The van der Waals surface area contributed by atoms with Crippen molar-refractivity contribution < 1.29 is 9.90 Å². The standard InChI is InChI=1S/C15H24N2O3/c1-10(2)7-8-15(4,20)9-16-13(18)12-6-5-11(3)17-14(12)19/h5-6,10,20H,7-9H2,1-4H3,(H,16,18)(H,17,19). The molecule has 1 rings (SSSR count). The third kappa shape index (κ3) is 5.17. The molecule has 0 aromatic carbocycles. The summed E-state index contributed by atoms with van der Waals surface area (Å²) in [5, 5.41) is 12.8. The van der Waals surface area contributed by atoms with E-state index in [1.54, 1.807) is 19.9 Å². The van der Waals surface area contributed by atoms with Crippen LogP contribution in [0.2, 0.25) is 0 Å². The summed E-state index contributed by atoms with van der Waals surface area (Å²) in [6.45, 7) is 7.74. The fraction of sp³-hybridized carbons (Fsp3) is 0.600. The van der Waals surface area contributed by atoms with Crippen LogP contribution in [0.3, 0.4) is 0 Å². The minimum absolute atomic E-state index is 0.0651. The van der Waals surface area contributed by atoms with E-state index in [0.717, 1.165) is 6.42 Å². The van der Waals surface area contributed by atoms with Crippen LogP contribution in [0.25, 0.3) is 0 Å². The third-order valence-electron chi connectivity index (χ3n) is 3.19. The Morgan fingerprint density at radius 3 is 2.65 bits per heavy atom. The van der Waals surface area contributed by atoms with Gasteiger partial charge in [0.1, 0.15) is 5.56 Å². The number of H-pyrrole nitrogens is 1. The molecule has 112 valence electrons. The number of pyridine rings is 1. The van der Waals surface area contributed by atoms with Crippen LogP contribution in [0.1, 0.15) is 49.7 Å². The highest BCUT2D eigenvalue weighted by atomic mass is 16.3. The fourth-order valence-corrected chi connectivity index (χ4v) is 1.80. The van der Waals surface area contributed by atoms with Crippen LogP contribution in [-0.4, -0.2) is 28.1 Å². The summed E-state index contributed by atoms with van der Waals surface area (Å²) in [4.78, 5) is 26.1. The first-order valence-electron chi connectivity index (χ1n) is 6.92. The first kappa shape index (κ1) is 16.4. The van der Waals surface area contributed by atoms with Gasteiger partial charge >= 0.3 is 0 Å². The largest absolute Gasteiger partial charge is 0.388 e. The summed E-state index contributed by atoms with van der Waals surface area (Å²) >= 11 is 0. The van der Waals surface area contributed by atoms with Crippen LogP contribution in [-0.2, 0) is 0 Å². The zero-order chi connectivity index (χ0) is 15.3. The van der Waals surface area contributed by atoms with E-state index in [1.807, 2.05) is 0 Å². The second kappa shape index (κ2) is 6.70. The zero-order valence-corrected chi connectivity index (χ0v) is 12.6. The molecule has 1 aromatic heterocycles. The number of hydrogen-bond acceptors (Lipinski definition) is 3. The molecule has 0 fully saturated rings. The Morgan fingerprint density at radius 1 is 1.45 bits per heavy atom. The second-order valence-corrected chi connectivity index (χ2v) is 6.00. The summed E-state index contributed by atoms with van der Waals surface area (Å²) in [6.07, 6.45) is 1.49. The molecule has 0 saturated carbocycles. The van der Waals surface area contributed by atoms with Crippen molar-refractivity contribution in [2.45, 2.75) is 46.1 Å². The molecule has 0 spiro atoms. The number of rotatable bonds is 6. The lowest BCUT2D eigenvalue weighted by Crippen LogP contribution is -2.42. The van der Waals surface area contributed by atoms with E-state index < -0.39 is 17.1 Å². The van der Waals surface area contributed by atoms with Gasteiger partial charge < -0.3 is 15.4 Å². The second-order valence-electron chi connectivity index (χ2n) is 6.00. The molecule has 0 radical (unpaired) electrons. The molecular weight excluding hydrogens is 256 g/mol. The van der Waals surface area contributed by atoms with Gasteiger partial charge in [-0.05, 0) is 44.7 Å². The van der Waals surface area contributed by atoms with E-state index in [0.29, 0.717) is 18.0 Å². The maximum absolute atomic E-state index is 11.9. The summed E-state index contributed by atoms with van der Waals surface area (Å²) in [5.74, 6) is 0.0354. The fourth-order valence-electron chi connectivity index (χ4n) is 1.80. The van der Waals surface area contributed by atoms with Crippen molar-refractivity contribution in [2.24, 2.45) is 5.92 Å². The molecule has 0 bridgehead atoms. The topological polar surface area (TPSA) is 82.2 Å². The SMILES string of the molecule is Cc1ccc(C(=O)NCC(C)(O)CCC(C)C)c(=O)[nH]1. The first-order chi connectivity index (χ1) is 9.21. The van der Waals surface area contributed by atoms with Gasteiger partial charge in [-0.2, -0.15) is 0 Å². The zero-order valence-electron chi connectivity index (χ0n) is 12.6. The monoisotopic (exact) mass is 280 g/mol. The first-order valence-corrected chi connectivity index (χ1v) is 6.92. The predicted molar refractivity (Wildman–Crippen MR) is 78.8 cm³/mol. The van der Waals surface area contributed by atoms with E-state index in [-0.39, 0.29) is 12.1 Å². The minimum Gasteiger partial charge on any atom is -0.388 e. The van der Waals surface area contributed by atoms with Crippen molar-refractivity contribution in [3.8, 4) is 0 Å². The van der Waals surface area contributed by atoms with E-state index in [9.17, 15) is 14.7 Å². The molecule has 0 aliphatic carbocycles. The normalized spacial score (nSPS) is 14.1. The van der Waals surface area contributed by atoms with Gasteiger partial charge in [-0.15, -0.1) is 0 Å². The number of aromatic amines is 1. The molecule has 3 N–H and O–H groups in total. The van der Waals surface area contributed by atoms with Crippen molar-refractivity contribution in [3.05, 3.63) is 33.7 Å². The molecule has 0 saturated heterocycles. The van der Waals surface area contributed by atoms with Gasteiger partial charge in [-0.25, -0.2) is 0 Å². The number of aliphatic hydroxyl groups is 1. The van der Waals surface area contributed by atoms with Crippen LogP contribution in [0.4, 0.5) is 0 Å².